The van der Waals surface area contributed by atoms with Crippen molar-refractivity contribution in [2.75, 3.05) is 43.4 Å². The van der Waals surface area contributed by atoms with E-state index >= 15 is 0 Å². The number of H-pyrrole nitrogens is 1. The van der Waals surface area contributed by atoms with Crippen molar-refractivity contribution >= 4 is 28.3 Å². The van der Waals surface area contributed by atoms with Crippen molar-refractivity contribution in [2.24, 2.45) is 7.05 Å². The Hall–Kier alpha value is -4.69. The molecule has 5 aromatic rings. The lowest BCUT2D eigenvalue weighted by atomic mass is 9.92. The monoisotopic (exact) mass is 573 g/mol. The molecule has 2 aromatic carbocycles. The van der Waals surface area contributed by atoms with Crippen LogP contribution in [0.1, 0.15) is 22.5 Å². The summed E-state index contributed by atoms with van der Waals surface area (Å²) in [5, 5.41) is 8.72. The molecule has 1 fully saturated rings. The van der Waals surface area contributed by atoms with Gasteiger partial charge < -0.3 is 20.1 Å². The first-order valence-electron chi connectivity index (χ1n) is 14.8. The van der Waals surface area contributed by atoms with Crippen LogP contribution in [0.5, 0.6) is 0 Å². The molecule has 8 nitrogen and oxygen atoms in total. The lowest BCUT2D eigenvalue weighted by Gasteiger charge is -2.34. The zero-order chi connectivity index (χ0) is 30.4. The minimum absolute atomic E-state index is 0.235. The third-order valence-electron chi connectivity index (χ3n) is 8.85. The maximum Gasteiger partial charge on any atom is 0.247 e. The Kier molecular flexibility index (Phi) is 7.40. The van der Waals surface area contributed by atoms with E-state index in [0.717, 1.165) is 98.9 Å². The van der Waals surface area contributed by atoms with Crippen LogP contribution in [0.4, 0.5) is 11.4 Å². The van der Waals surface area contributed by atoms with Crippen molar-refractivity contribution in [3.05, 3.63) is 83.8 Å². The van der Waals surface area contributed by atoms with E-state index in [0.29, 0.717) is 0 Å². The van der Waals surface area contributed by atoms with E-state index in [1.165, 1.54) is 11.8 Å². The van der Waals surface area contributed by atoms with Crippen molar-refractivity contribution in [1.82, 2.24) is 24.6 Å². The average molecular weight is 574 g/mol. The fraction of sp³-hybridized carbons (Fsp3) is 0.286. The molecule has 0 unspecified atom stereocenters. The molecule has 43 heavy (non-hydrogen) atoms. The highest BCUT2D eigenvalue weighted by Gasteiger charge is 2.23. The first-order valence-corrected chi connectivity index (χ1v) is 14.8. The Morgan fingerprint density at radius 3 is 2.30 bits per heavy atom. The van der Waals surface area contributed by atoms with E-state index in [1.54, 1.807) is 0 Å². The summed E-state index contributed by atoms with van der Waals surface area (Å²) >= 11 is 0. The molecule has 0 saturated carbocycles. The molecule has 0 spiro atoms. The van der Waals surface area contributed by atoms with Crippen LogP contribution in [-0.4, -0.2) is 63.8 Å². The summed E-state index contributed by atoms with van der Waals surface area (Å²) in [6, 6.07) is 15.0. The molecular weight excluding hydrogens is 534 g/mol. The van der Waals surface area contributed by atoms with Gasteiger partial charge >= 0.3 is 0 Å². The quantitative estimate of drug-likeness (QED) is 0.230. The molecule has 0 radical (unpaired) electrons. The van der Waals surface area contributed by atoms with E-state index < -0.39 is 0 Å². The van der Waals surface area contributed by atoms with Gasteiger partial charge in [0.15, 0.2) is 0 Å². The average Bonchev–Trinajstić information content (AvgIpc) is 3.51. The van der Waals surface area contributed by atoms with Crippen molar-refractivity contribution < 1.29 is 4.79 Å². The number of hydrogen-bond donors (Lipinski definition) is 2. The van der Waals surface area contributed by atoms with Crippen LogP contribution in [0.25, 0.3) is 44.5 Å². The van der Waals surface area contributed by atoms with Crippen LogP contribution in [-0.2, 0) is 11.8 Å². The Labute approximate surface area is 253 Å². The van der Waals surface area contributed by atoms with E-state index in [1.807, 2.05) is 37.8 Å². The summed E-state index contributed by atoms with van der Waals surface area (Å²) in [6.45, 7) is 16.1. The van der Waals surface area contributed by atoms with Crippen LogP contribution in [0.3, 0.4) is 0 Å². The fourth-order valence-electron chi connectivity index (χ4n) is 6.23. The zero-order valence-electron chi connectivity index (χ0n) is 25.9. The molecule has 0 aliphatic carbocycles. The first kappa shape index (κ1) is 28.4. The Balaban J connectivity index is 1.55. The molecular formula is C35H39N7O. The largest absolute Gasteiger partial charge is 0.369 e. The van der Waals surface area contributed by atoms with Gasteiger partial charge in [0.25, 0.3) is 0 Å². The Bertz CT molecular complexity index is 1850. The maximum absolute atomic E-state index is 12.3. The maximum atomic E-state index is 12.3. The van der Waals surface area contributed by atoms with Gasteiger partial charge in [-0.3, -0.25) is 9.48 Å². The van der Waals surface area contributed by atoms with Gasteiger partial charge in [-0.05, 0) is 81.3 Å². The molecule has 4 heterocycles. The molecule has 1 aliphatic heterocycles. The number of pyridine rings is 1. The SMILES string of the molecule is C=CC(=O)Nc1cc(-c2c(-c3ccc(N4CCN(C)CC4)cc3)[nH]c3ncc(-c4c(C)nn(C)c4C)c(C)c23)ccc1C. The van der Waals surface area contributed by atoms with Gasteiger partial charge in [-0.15, -0.1) is 0 Å². The van der Waals surface area contributed by atoms with Gasteiger partial charge in [-0.2, -0.15) is 5.10 Å². The summed E-state index contributed by atoms with van der Waals surface area (Å²) in [6.07, 6.45) is 3.25. The summed E-state index contributed by atoms with van der Waals surface area (Å²) in [4.78, 5) is 25.7. The van der Waals surface area contributed by atoms with Crippen LogP contribution in [0.2, 0.25) is 0 Å². The van der Waals surface area contributed by atoms with Gasteiger partial charge in [-0.25, -0.2) is 4.98 Å². The standard InChI is InChI=1S/C35H39N7O/c1-8-30(43)37-29-19-26(10-9-21(29)2)33-31-22(3)28(32-23(4)39-41(7)24(32)5)20-36-35(31)38-34(33)25-11-13-27(14-12-25)42-17-15-40(6)16-18-42/h8-14,19-20H,1,15-18H2,2-7H3,(H,36,38)(H,37,43). The number of aromatic nitrogens is 4. The molecule has 1 amide bonds. The highest BCUT2D eigenvalue weighted by Crippen LogP contribution is 2.43. The molecule has 8 heteroatoms. The third kappa shape index (κ3) is 5.12. The molecule has 0 atom stereocenters. The van der Waals surface area contributed by atoms with Crippen LogP contribution < -0.4 is 10.2 Å². The van der Waals surface area contributed by atoms with Crippen LogP contribution >= 0.6 is 0 Å². The van der Waals surface area contributed by atoms with E-state index in [4.69, 9.17) is 4.98 Å². The van der Waals surface area contributed by atoms with E-state index in [-0.39, 0.29) is 5.91 Å². The predicted molar refractivity (Wildman–Crippen MR) is 177 cm³/mol. The van der Waals surface area contributed by atoms with Gasteiger partial charge in [0.05, 0.1) is 11.4 Å². The Morgan fingerprint density at radius 1 is 0.953 bits per heavy atom. The summed E-state index contributed by atoms with van der Waals surface area (Å²) in [5.41, 5.74) is 13.3. The molecule has 6 rings (SSSR count). The van der Waals surface area contributed by atoms with Gasteiger partial charge in [0, 0.05) is 78.6 Å². The topological polar surface area (TPSA) is 82.1 Å². The molecule has 1 aliphatic rings. The van der Waals surface area contributed by atoms with Crippen molar-refractivity contribution in [3.63, 3.8) is 0 Å². The lowest BCUT2D eigenvalue weighted by molar-refractivity contribution is -0.111. The number of amides is 1. The van der Waals surface area contributed by atoms with Gasteiger partial charge in [-0.1, -0.05) is 30.8 Å². The lowest BCUT2D eigenvalue weighted by Crippen LogP contribution is -2.44. The highest BCUT2D eigenvalue weighted by atomic mass is 16.1. The second-order valence-electron chi connectivity index (χ2n) is 11.6. The summed E-state index contributed by atoms with van der Waals surface area (Å²) in [5.74, 6) is -0.235. The number of piperazine rings is 1. The fourth-order valence-corrected chi connectivity index (χ4v) is 6.23. The van der Waals surface area contributed by atoms with Crippen molar-refractivity contribution in [2.45, 2.75) is 27.7 Å². The molecule has 220 valence electrons. The molecule has 3 aromatic heterocycles. The van der Waals surface area contributed by atoms with Crippen LogP contribution in [0, 0.1) is 27.7 Å². The number of benzene rings is 2. The molecule has 1 saturated heterocycles. The van der Waals surface area contributed by atoms with Gasteiger partial charge in [0.2, 0.25) is 5.91 Å². The number of rotatable bonds is 6. The second-order valence-corrected chi connectivity index (χ2v) is 11.6. The minimum atomic E-state index is -0.235. The summed E-state index contributed by atoms with van der Waals surface area (Å²) < 4.78 is 1.92. The number of carbonyl (C=O) groups excluding carboxylic acids is 1. The smallest absolute Gasteiger partial charge is 0.247 e. The number of aromatic amines is 1. The molecule has 2 N–H and O–H groups in total. The van der Waals surface area contributed by atoms with E-state index in [2.05, 4.69) is 89.1 Å². The number of carbonyl (C=O) groups is 1. The first-order chi connectivity index (χ1) is 20.7. The minimum Gasteiger partial charge on any atom is -0.369 e. The van der Waals surface area contributed by atoms with Crippen molar-refractivity contribution in [3.8, 4) is 33.5 Å². The third-order valence-corrected chi connectivity index (χ3v) is 8.85. The number of anilines is 2. The number of hydrogen-bond acceptors (Lipinski definition) is 5. The number of nitrogens with one attached hydrogen (secondary N) is 2. The normalized spacial score (nSPS) is 14.0. The van der Waals surface area contributed by atoms with Crippen LogP contribution in [0.15, 0.2) is 61.3 Å². The van der Waals surface area contributed by atoms with E-state index in [9.17, 15) is 4.79 Å². The molecule has 0 bridgehead atoms. The number of nitrogens with zero attached hydrogens (tertiary/aromatic N) is 5. The number of likely N-dealkylation sites (N-methyl/N-ethyl adjacent to an activating group) is 1. The zero-order valence-corrected chi connectivity index (χ0v) is 25.9. The van der Waals surface area contributed by atoms with Crippen molar-refractivity contribution in [1.29, 1.82) is 0 Å². The summed E-state index contributed by atoms with van der Waals surface area (Å²) in [7, 11) is 4.15. The predicted octanol–water partition coefficient (Wildman–Crippen LogP) is 6.41. The number of aryl methyl sites for hydroxylation is 4. The number of fused-ring (bicyclic) bond motifs is 1. The highest BCUT2D eigenvalue weighted by molar-refractivity contribution is 6.07. The van der Waals surface area contributed by atoms with Gasteiger partial charge in [0.1, 0.15) is 5.65 Å². The Morgan fingerprint density at radius 2 is 1.65 bits per heavy atom. The second kappa shape index (κ2) is 11.2.